The second-order valence-electron chi connectivity index (χ2n) is 8.74. The van der Waals surface area contributed by atoms with E-state index in [0.29, 0.717) is 31.9 Å². The van der Waals surface area contributed by atoms with Crippen LogP contribution in [0.1, 0.15) is 40.5 Å². The summed E-state index contributed by atoms with van der Waals surface area (Å²) in [5.41, 5.74) is -0.201. The first-order valence-electron chi connectivity index (χ1n) is 10.9. The molecule has 0 unspecified atom stereocenters. The highest BCUT2D eigenvalue weighted by Gasteiger charge is 2.42. The monoisotopic (exact) mass is 450 g/mol. The van der Waals surface area contributed by atoms with Gasteiger partial charge in [0.2, 0.25) is 6.29 Å². The Hall–Kier alpha value is -2.72. The number of aliphatic hydroxyl groups is 1. The number of rotatable bonds is 11. The van der Waals surface area contributed by atoms with Crippen molar-refractivity contribution in [2.24, 2.45) is 17.3 Å². The molecule has 10 nitrogen and oxygen atoms in total. The van der Waals surface area contributed by atoms with Crippen molar-refractivity contribution in [2.45, 2.75) is 46.8 Å². The third-order valence-corrected chi connectivity index (χ3v) is 5.31. The van der Waals surface area contributed by atoms with Gasteiger partial charge < -0.3 is 25.2 Å². The number of ether oxygens (including phenoxy) is 2. The normalized spacial score (nSPS) is 20.8. The van der Waals surface area contributed by atoms with E-state index >= 15 is 0 Å². The molecule has 0 bridgehead atoms. The fraction of sp³-hybridized carbons (Fsp3) is 0.636. The number of hydrogen-bond donors (Lipinski definition) is 3. The quantitative estimate of drug-likeness (QED) is 0.266. The molecule has 0 radical (unpaired) electrons. The van der Waals surface area contributed by atoms with E-state index in [0.717, 1.165) is 6.42 Å². The van der Waals surface area contributed by atoms with Crippen LogP contribution in [-0.2, 0) is 14.3 Å². The molecule has 2 rings (SSSR count). The molecule has 32 heavy (non-hydrogen) atoms. The number of nitro groups is 1. The molecule has 1 aliphatic heterocycles. The summed E-state index contributed by atoms with van der Waals surface area (Å²) in [5.74, 6) is 0.463. The van der Waals surface area contributed by atoms with Gasteiger partial charge in [0.25, 0.3) is 11.6 Å². The number of hydrogen-bond acceptors (Lipinski definition) is 8. The average Bonchev–Trinajstić information content (AvgIpc) is 2.75. The Balaban J connectivity index is 1.99. The van der Waals surface area contributed by atoms with Crippen LogP contribution in [0.3, 0.4) is 0 Å². The molecule has 3 atom stereocenters. The van der Waals surface area contributed by atoms with Crippen LogP contribution in [-0.4, -0.2) is 53.5 Å². The standard InChI is InChI=1S/C22H34N4O6/c1-5-31-21-16(7-6-12-27)17(22(2,3)4)13-18(32-21)20(28)24-11-10-23-19-9-8-15(14-25-19)26(29)30/h8-9,13-14,16-17,21,27H,5-7,10-12H2,1-4H3,(H,23,25)(H,24,28)/t16-,17+,21-/m0/s1. The number of aromatic nitrogens is 1. The largest absolute Gasteiger partial charge is 0.459 e. The van der Waals surface area contributed by atoms with E-state index in [1.807, 2.05) is 13.0 Å². The van der Waals surface area contributed by atoms with Crippen molar-refractivity contribution in [2.75, 3.05) is 31.6 Å². The Kier molecular flexibility index (Phi) is 9.40. The molecule has 1 aromatic rings. The Bertz CT molecular complexity index is 791. The van der Waals surface area contributed by atoms with Crippen LogP contribution < -0.4 is 10.6 Å². The number of amides is 1. The molecule has 3 N–H and O–H groups in total. The van der Waals surface area contributed by atoms with Crippen molar-refractivity contribution in [3.63, 3.8) is 0 Å². The summed E-state index contributed by atoms with van der Waals surface area (Å²) in [6.45, 7) is 9.49. The zero-order chi connectivity index (χ0) is 23.7. The fourth-order valence-electron chi connectivity index (χ4n) is 3.75. The minimum Gasteiger partial charge on any atom is -0.459 e. The van der Waals surface area contributed by atoms with E-state index in [4.69, 9.17) is 9.47 Å². The summed E-state index contributed by atoms with van der Waals surface area (Å²) < 4.78 is 11.7. The topological polar surface area (TPSA) is 136 Å². The predicted octanol–water partition coefficient (Wildman–Crippen LogP) is 2.85. The summed E-state index contributed by atoms with van der Waals surface area (Å²) in [6.07, 6.45) is 3.87. The number of pyridine rings is 1. The first-order chi connectivity index (χ1) is 15.2. The van der Waals surface area contributed by atoms with Crippen LogP contribution >= 0.6 is 0 Å². The van der Waals surface area contributed by atoms with Gasteiger partial charge in [0, 0.05) is 38.3 Å². The minimum atomic E-state index is -0.552. The minimum absolute atomic E-state index is 0.0357. The number of anilines is 1. The molecule has 0 aromatic carbocycles. The van der Waals surface area contributed by atoms with Crippen molar-refractivity contribution in [3.05, 3.63) is 40.3 Å². The molecule has 2 heterocycles. The van der Waals surface area contributed by atoms with Crippen LogP contribution in [0.4, 0.5) is 11.5 Å². The lowest BCUT2D eigenvalue weighted by Crippen LogP contribution is -2.44. The number of carbonyl (C=O) groups is 1. The van der Waals surface area contributed by atoms with Gasteiger partial charge in [-0.1, -0.05) is 20.8 Å². The molecule has 0 fully saturated rings. The van der Waals surface area contributed by atoms with Crippen LogP contribution in [0.15, 0.2) is 30.2 Å². The lowest BCUT2D eigenvalue weighted by molar-refractivity contribution is -0.385. The smallest absolute Gasteiger partial charge is 0.287 e. The number of aliphatic hydroxyl groups excluding tert-OH is 1. The summed E-state index contributed by atoms with van der Waals surface area (Å²) in [5, 5.41) is 25.8. The zero-order valence-corrected chi connectivity index (χ0v) is 19.2. The Morgan fingerprint density at radius 1 is 1.34 bits per heavy atom. The third-order valence-electron chi connectivity index (χ3n) is 5.31. The van der Waals surface area contributed by atoms with Crippen molar-refractivity contribution >= 4 is 17.4 Å². The van der Waals surface area contributed by atoms with Gasteiger partial charge in [-0.25, -0.2) is 4.98 Å². The van der Waals surface area contributed by atoms with Crippen LogP contribution in [0.5, 0.6) is 0 Å². The lowest BCUT2D eigenvalue weighted by atomic mass is 9.70. The average molecular weight is 451 g/mol. The van der Waals surface area contributed by atoms with Gasteiger partial charge >= 0.3 is 0 Å². The molecule has 0 saturated carbocycles. The first-order valence-corrected chi connectivity index (χ1v) is 10.9. The van der Waals surface area contributed by atoms with E-state index in [-0.39, 0.29) is 41.2 Å². The molecular formula is C22H34N4O6. The van der Waals surface area contributed by atoms with E-state index in [1.54, 1.807) is 0 Å². The highest BCUT2D eigenvalue weighted by molar-refractivity contribution is 5.91. The van der Waals surface area contributed by atoms with Gasteiger partial charge in [0.05, 0.1) is 4.92 Å². The van der Waals surface area contributed by atoms with Crippen molar-refractivity contribution in [1.29, 1.82) is 0 Å². The highest BCUT2D eigenvalue weighted by atomic mass is 16.7. The number of nitrogens with one attached hydrogen (secondary N) is 2. The van der Waals surface area contributed by atoms with E-state index < -0.39 is 11.2 Å². The molecular weight excluding hydrogens is 416 g/mol. The maximum Gasteiger partial charge on any atom is 0.287 e. The predicted molar refractivity (Wildman–Crippen MR) is 120 cm³/mol. The fourth-order valence-corrected chi connectivity index (χ4v) is 3.75. The molecule has 1 aliphatic rings. The van der Waals surface area contributed by atoms with Crippen LogP contribution in [0.2, 0.25) is 0 Å². The van der Waals surface area contributed by atoms with Crippen LogP contribution in [0.25, 0.3) is 0 Å². The third kappa shape index (κ3) is 7.16. The summed E-state index contributed by atoms with van der Waals surface area (Å²) >= 11 is 0. The van der Waals surface area contributed by atoms with E-state index in [9.17, 15) is 20.0 Å². The van der Waals surface area contributed by atoms with Crippen molar-refractivity contribution in [1.82, 2.24) is 10.3 Å². The zero-order valence-electron chi connectivity index (χ0n) is 19.2. The second-order valence-corrected chi connectivity index (χ2v) is 8.74. The number of nitrogens with zero attached hydrogens (tertiary/aromatic N) is 2. The van der Waals surface area contributed by atoms with Gasteiger partial charge in [0.15, 0.2) is 5.76 Å². The maximum atomic E-state index is 12.8. The maximum absolute atomic E-state index is 12.8. The molecule has 0 saturated heterocycles. The Morgan fingerprint density at radius 3 is 2.66 bits per heavy atom. The Labute approximate surface area is 188 Å². The molecule has 178 valence electrons. The van der Waals surface area contributed by atoms with Crippen LogP contribution in [0, 0.1) is 27.4 Å². The van der Waals surface area contributed by atoms with Gasteiger partial charge in [-0.3, -0.25) is 14.9 Å². The SMILES string of the molecule is CCO[C@H]1OC(C(=O)NCCNc2ccc([N+](=O)[O-])cn2)=C[C@@H](C(C)(C)C)[C@@H]1CCCO. The summed E-state index contributed by atoms with van der Waals surface area (Å²) in [6, 6.07) is 2.88. The number of allylic oxidation sites excluding steroid dienone is 1. The molecule has 0 aliphatic carbocycles. The Morgan fingerprint density at radius 2 is 2.09 bits per heavy atom. The summed E-state index contributed by atoms with van der Waals surface area (Å²) in [4.78, 5) is 26.9. The van der Waals surface area contributed by atoms with Gasteiger partial charge in [-0.15, -0.1) is 0 Å². The molecule has 1 amide bonds. The van der Waals surface area contributed by atoms with Crippen molar-refractivity contribution < 1.29 is 24.3 Å². The van der Waals surface area contributed by atoms with E-state index in [2.05, 4.69) is 36.4 Å². The van der Waals surface area contributed by atoms with Gasteiger partial charge in [-0.2, -0.15) is 0 Å². The second kappa shape index (κ2) is 11.8. The summed E-state index contributed by atoms with van der Waals surface area (Å²) in [7, 11) is 0. The first kappa shape index (κ1) is 25.5. The number of carbonyl (C=O) groups excluding carboxylic acids is 1. The molecule has 1 aromatic heterocycles. The van der Waals surface area contributed by atoms with Gasteiger partial charge in [-0.05, 0) is 43.2 Å². The van der Waals surface area contributed by atoms with Gasteiger partial charge in [0.1, 0.15) is 12.0 Å². The highest BCUT2D eigenvalue weighted by Crippen LogP contribution is 2.42. The molecule has 10 heteroatoms. The lowest BCUT2D eigenvalue weighted by Gasteiger charge is -2.42. The molecule has 0 spiro atoms. The van der Waals surface area contributed by atoms with Crippen molar-refractivity contribution in [3.8, 4) is 0 Å². The van der Waals surface area contributed by atoms with E-state index in [1.165, 1.54) is 18.3 Å².